The van der Waals surface area contributed by atoms with Crippen LogP contribution in [0.15, 0.2) is 0 Å². The Morgan fingerprint density at radius 2 is 1.61 bits per heavy atom. The molecule has 6 nitrogen and oxygen atoms in total. The lowest BCUT2D eigenvalue weighted by molar-refractivity contribution is 0.0334. The fourth-order valence-electron chi connectivity index (χ4n) is 3.60. The molecule has 0 radical (unpaired) electrons. The van der Waals surface area contributed by atoms with Gasteiger partial charge in [-0.05, 0) is 38.8 Å². The Kier molecular flexibility index (Phi) is 9.52. The molecule has 0 spiro atoms. The summed E-state index contributed by atoms with van der Waals surface area (Å²) in [5, 5.41) is 0. The van der Waals surface area contributed by atoms with Crippen LogP contribution in [0.4, 0.5) is 4.79 Å². The predicted molar refractivity (Wildman–Crippen MR) is 90.8 cm³/mol. The average molecular weight is 330 g/mol. The fourth-order valence-corrected chi connectivity index (χ4v) is 3.60. The van der Waals surface area contributed by atoms with Crippen LogP contribution in [-0.2, 0) is 14.2 Å². The highest BCUT2D eigenvalue weighted by atomic mass is 16.5. The van der Waals surface area contributed by atoms with Crippen molar-refractivity contribution in [2.24, 2.45) is 0 Å². The first-order valence-corrected chi connectivity index (χ1v) is 8.86. The summed E-state index contributed by atoms with van der Waals surface area (Å²) in [6.07, 6.45) is 5.22. The van der Waals surface area contributed by atoms with Gasteiger partial charge in [0.2, 0.25) is 0 Å². The Labute approximate surface area is 141 Å². The van der Waals surface area contributed by atoms with Crippen molar-refractivity contribution in [3.8, 4) is 0 Å². The molecule has 3 fully saturated rings. The molecule has 0 saturated carbocycles. The van der Waals surface area contributed by atoms with Crippen LogP contribution < -0.4 is 0 Å². The number of carbonyl (C=O) groups is 1. The third-order valence-electron chi connectivity index (χ3n) is 4.67. The topological polar surface area (TPSA) is 51.2 Å². The molecular weight excluding hydrogens is 296 g/mol. The number of methoxy groups -OCH3 is 2. The summed E-state index contributed by atoms with van der Waals surface area (Å²) >= 11 is 0. The van der Waals surface area contributed by atoms with E-state index in [1.54, 1.807) is 4.90 Å². The van der Waals surface area contributed by atoms with Gasteiger partial charge in [-0.15, -0.1) is 0 Å². The van der Waals surface area contributed by atoms with E-state index in [1.807, 2.05) is 21.0 Å². The predicted octanol–water partition coefficient (Wildman–Crippen LogP) is 2.37. The summed E-state index contributed by atoms with van der Waals surface area (Å²) in [5.41, 5.74) is 0.467. The molecule has 0 aliphatic carbocycles. The lowest BCUT2D eigenvalue weighted by atomic mass is 9.95. The summed E-state index contributed by atoms with van der Waals surface area (Å²) in [5.74, 6) is 0. The number of hydrogen-bond acceptors (Lipinski definition) is 5. The number of morpholine rings is 1. The highest BCUT2D eigenvalue weighted by Gasteiger charge is 2.43. The molecule has 0 N–H and O–H groups in total. The highest BCUT2D eigenvalue weighted by Crippen LogP contribution is 2.38. The van der Waals surface area contributed by atoms with Crippen molar-refractivity contribution in [2.75, 3.05) is 60.2 Å². The minimum Gasteiger partial charge on any atom is -0.453 e. The van der Waals surface area contributed by atoms with Gasteiger partial charge >= 0.3 is 6.09 Å². The van der Waals surface area contributed by atoms with Crippen LogP contribution in [0.2, 0.25) is 0 Å². The minimum absolute atomic E-state index is 0.261. The van der Waals surface area contributed by atoms with Crippen LogP contribution in [0, 0.1) is 0 Å². The van der Waals surface area contributed by atoms with Crippen LogP contribution in [-0.4, -0.2) is 81.7 Å². The summed E-state index contributed by atoms with van der Waals surface area (Å²) < 4.78 is 14.9. The van der Waals surface area contributed by atoms with Gasteiger partial charge < -0.3 is 19.1 Å². The Balaban J connectivity index is 0.000000209. The second-order valence-corrected chi connectivity index (χ2v) is 5.92. The van der Waals surface area contributed by atoms with Crippen LogP contribution >= 0.6 is 0 Å². The van der Waals surface area contributed by atoms with Gasteiger partial charge in [-0.3, -0.25) is 4.90 Å². The molecule has 0 unspecified atom stereocenters. The normalized spacial score (nSPS) is 22.3. The van der Waals surface area contributed by atoms with Gasteiger partial charge in [-0.1, -0.05) is 13.8 Å². The van der Waals surface area contributed by atoms with Gasteiger partial charge in [0.15, 0.2) is 0 Å². The standard InChI is InChI=1S/C9H17NO.C6H11NO3.C2H6/c1-11-8-9-4-2-6-10(9)7-3-5-9;1-9-6(8)7-2-4-10-5-3-7;1-2/h2-8H2,1H3;2-5H2,1H3;1-2H3. The van der Waals surface area contributed by atoms with Crippen LogP contribution in [0.3, 0.4) is 0 Å². The van der Waals surface area contributed by atoms with Crippen LogP contribution in [0.5, 0.6) is 0 Å². The molecule has 3 rings (SSSR count). The third-order valence-corrected chi connectivity index (χ3v) is 4.67. The number of fused-ring (bicyclic) bond motifs is 1. The third kappa shape index (κ3) is 5.62. The maximum atomic E-state index is 10.8. The van der Waals surface area contributed by atoms with Gasteiger partial charge in [0, 0.05) is 25.7 Å². The zero-order valence-corrected chi connectivity index (χ0v) is 15.3. The Bertz CT molecular complexity index is 323. The van der Waals surface area contributed by atoms with Crippen molar-refractivity contribution in [2.45, 2.75) is 45.1 Å². The van der Waals surface area contributed by atoms with E-state index in [9.17, 15) is 4.79 Å². The Morgan fingerprint density at radius 3 is 2.09 bits per heavy atom. The molecule has 3 aliphatic heterocycles. The molecule has 136 valence electrons. The molecule has 3 aliphatic rings. The first-order valence-electron chi connectivity index (χ1n) is 8.86. The fraction of sp³-hybridized carbons (Fsp3) is 0.941. The molecular formula is C17H34N2O4. The Hall–Kier alpha value is -0.850. The largest absolute Gasteiger partial charge is 0.453 e. The summed E-state index contributed by atoms with van der Waals surface area (Å²) in [6.45, 7) is 10.1. The maximum absolute atomic E-state index is 10.8. The SMILES string of the molecule is CC.COC(=O)N1CCOCC1.COCC12CCCN1CCC2. The van der Waals surface area contributed by atoms with Gasteiger partial charge in [-0.2, -0.15) is 0 Å². The van der Waals surface area contributed by atoms with E-state index in [4.69, 9.17) is 9.47 Å². The first-order chi connectivity index (χ1) is 11.2. The van der Waals surface area contributed by atoms with E-state index in [-0.39, 0.29) is 6.09 Å². The number of ether oxygens (including phenoxy) is 3. The van der Waals surface area contributed by atoms with Gasteiger partial charge in [-0.25, -0.2) is 4.79 Å². The quantitative estimate of drug-likeness (QED) is 0.778. The zero-order chi connectivity index (χ0) is 17.1. The second kappa shape index (κ2) is 10.8. The summed E-state index contributed by atoms with van der Waals surface area (Å²) in [6, 6.07) is 0. The summed E-state index contributed by atoms with van der Waals surface area (Å²) in [7, 11) is 3.21. The molecule has 23 heavy (non-hydrogen) atoms. The van der Waals surface area contributed by atoms with Crippen molar-refractivity contribution in [3.63, 3.8) is 0 Å². The number of amides is 1. The minimum atomic E-state index is -0.261. The number of carbonyl (C=O) groups excluding carboxylic acids is 1. The van der Waals surface area contributed by atoms with Crippen LogP contribution in [0.1, 0.15) is 39.5 Å². The molecule has 6 heteroatoms. The molecule has 1 amide bonds. The van der Waals surface area contributed by atoms with Crippen molar-refractivity contribution in [1.29, 1.82) is 0 Å². The van der Waals surface area contributed by atoms with Crippen molar-refractivity contribution in [1.82, 2.24) is 9.80 Å². The first kappa shape index (κ1) is 20.2. The van der Waals surface area contributed by atoms with Gasteiger partial charge in [0.25, 0.3) is 0 Å². The van der Waals surface area contributed by atoms with Crippen molar-refractivity contribution in [3.05, 3.63) is 0 Å². The van der Waals surface area contributed by atoms with Crippen LogP contribution in [0.25, 0.3) is 0 Å². The monoisotopic (exact) mass is 330 g/mol. The van der Waals surface area contributed by atoms with Gasteiger partial charge in [0.05, 0.1) is 26.9 Å². The Morgan fingerprint density at radius 1 is 1.04 bits per heavy atom. The number of rotatable bonds is 2. The highest BCUT2D eigenvalue weighted by molar-refractivity contribution is 5.67. The van der Waals surface area contributed by atoms with Gasteiger partial charge in [0.1, 0.15) is 0 Å². The van der Waals surface area contributed by atoms with E-state index in [1.165, 1.54) is 45.9 Å². The van der Waals surface area contributed by atoms with E-state index in [0.29, 0.717) is 31.8 Å². The van der Waals surface area contributed by atoms with E-state index >= 15 is 0 Å². The lowest BCUT2D eigenvalue weighted by Crippen LogP contribution is -2.42. The zero-order valence-electron chi connectivity index (χ0n) is 15.3. The number of nitrogens with zero attached hydrogens (tertiary/aromatic N) is 2. The molecule has 0 aromatic rings. The smallest absolute Gasteiger partial charge is 0.409 e. The van der Waals surface area contributed by atoms with E-state index in [0.717, 1.165) is 6.61 Å². The van der Waals surface area contributed by atoms with E-state index in [2.05, 4.69) is 9.64 Å². The second-order valence-electron chi connectivity index (χ2n) is 5.92. The molecule has 3 saturated heterocycles. The molecule has 0 bridgehead atoms. The molecule has 3 heterocycles. The maximum Gasteiger partial charge on any atom is 0.409 e. The van der Waals surface area contributed by atoms with Crippen molar-refractivity contribution >= 4 is 6.09 Å². The average Bonchev–Trinajstić information content (AvgIpc) is 3.17. The van der Waals surface area contributed by atoms with E-state index < -0.39 is 0 Å². The molecule has 0 atom stereocenters. The lowest BCUT2D eigenvalue weighted by Gasteiger charge is -2.30. The number of hydrogen-bond donors (Lipinski definition) is 0. The molecule has 0 aromatic carbocycles. The molecule has 0 aromatic heterocycles. The summed E-state index contributed by atoms with van der Waals surface area (Å²) in [4.78, 5) is 15.1. The van der Waals surface area contributed by atoms with Crippen molar-refractivity contribution < 1.29 is 19.0 Å².